The van der Waals surface area contributed by atoms with Crippen LogP contribution in [-0.4, -0.2) is 36.4 Å². The number of hydrogen-bond donors (Lipinski definition) is 1. The summed E-state index contributed by atoms with van der Waals surface area (Å²) in [6.45, 7) is 1.35. The lowest BCUT2D eigenvalue weighted by Gasteiger charge is -2.21. The van der Waals surface area contributed by atoms with Crippen LogP contribution in [0.3, 0.4) is 0 Å². The van der Waals surface area contributed by atoms with Crippen LogP contribution in [0.15, 0.2) is 22.7 Å². The maximum absolute atomic E-state index is 12.9. The van der Waals surface area contributed by atoms with Crippen LogP contribution in [0, 0.1) is 5.82 Å². The largest absolute Gasteiger partial charge is 0.480 e. The standard InChI is InChI=1S/C12H14BrFN2O3/c1-7(12(18)16(2)6-11(15)17)19-10-4-3-8(14)5-9(10)13/h3-5,7H,6H2,1-2H3,(H2,15,17)/t7-/m1/s1. The number of carbonyl (C=O) groups is 2. The van der Waals surface area contributed by atoms with Gasteiger partial charge in [0.25, 0.3) is 5.91 Å². The van der Waals surface area contributed by atoms with Gasteiger partial charge in [0.1, 0.15) is 11.6 Å². The van der Waals surface area contributed by atoms with E-state index in [2.05, 4.69) is 15.9 Å². The number of amides is 2. The first-order valence-corrected chi connectivity index (χ1v) is 6.25. The molecule has 1 aromatic carbocycles. The predicted octanol–water partition coefficient (Wildman–Crippen LogP) is 1.30. The van der Waals surface area contributed by atoms with E-state index < -0.39 is 23.7 Å². The summed E-state index contributed by atoms with van der Waals surface area (Å²) in [5.74, 6) is -1.07. The molecule has 0 saturated carbocycles. The molecule has 0 aliphatic rings. The van der Waals surface area contributed by atoms with Gasteiger partial charge in [-0.05, 0) is 41.1 Å². The minimum atomic E-state index is -0.814. The first kappa shape index (κ1) is 15.4. The van der Waals surface area contributed by atoms with E-state index >= 15 is 0 Å². The smallest absolute Gasteiger partial charge is 0.263 e. The number of rotatable bonds is 5. The number of ether oxygens (including phenoxy) is 1. The number of nitrogens with two attached hydrogens (primary N) is 1. The number of primary amides is 1. The molecule has 1 atom stereocenters. The summed E-state index contributed by atoms with van der Waals surface area (Å²) in [6.07, 6.45) is -0.814. The molecule has 19 heavy (non-hydrogen) atoms. The number of hydrogen-bond acceptors (Lipinski definition) is 3. The van der Waals surface area contributed by atoms with Crippen molar-refractivity contribution in [2.75, 3.05) is 13.6 Å². The molecule has 7 heteroatoms. The third kappa shape index (κ3) is 4.51. The summed E-state index contributed by atoms with van der Waals surface area (Å²) in [7, 11) is 1.45. The molecule has 0 aromatic heterocycles. The Hall–Kier alpha value is -1.63. The van der Waals surface area contributed by atoms with Gasteiger partial charge >= 0.3 is 0 Å². The van der Waals surface area contributed by atoms with Gasteiger partial charge in [-0.3, -0.25) is 9.59 Å². The van der Waals surface area contributed by atoms with Crippen molar-refractivity contribution < 1.29 is 18.7 Å². The number of carbonyl (C=O) groups excluding carboxylic acids is 2. The fraction of sp³-hybridized carbons (Fsp3) is 0.333. The maximum Gasteiger partial charge on any atom is 0.263 e. The summed E-state index contributed by atoms with van der Waals surface area (Å²) >= 11 is 3.14. The highest BCUT2D eigenvalue weighted by molar-refractivity contribution is 9.10. The van der Waals surface area contributed by atoms with Gasteiger partial charge < -0.3 is 15.4 Å². The van der Waals surface area contributed by atoms with Crippen LogP contribution in [0.5, 0.6) is 5.75 Å². The Morgan fingerprint density at radius 2 is 2.16 bits per heavy atom. The van der Waals surface area contributed by atoms with Crippen molar-refractivity contribution >= 4 is 27.7 Å². The molecule has 1 rings (SSSR count). The van der Waals surface area contributed by atoms with Gasteiger partial charge in [-0.1, -0.05) is 0 Å². The van der Waals surface area contributed by atoms with Crippen molar-refractivity contribution in [1.82, 2.24) is 4.90 Å². The zero-order valence-corrected chi connectivity index (χ0v) is 12.1. The number of benzene rings is 1. The molecule has 1 aromatic rings. The molecular formula is C12H14BrFN2O3. The predicted molar refractivity (Wildman–Crippen MR) is 71.0 cm³/mol. The van der Waals surface area contributed by atoms with E-state index in [1.165, 1.54) is 37.1 Å². The van der Waals surface area contributed by atoms with Crippen LogP contribution >= 0.6 is 15.9 Å². The molecule has 0 aliphatic heterocycles. The average molecular weight is 333 g/mol. The van der Waals surface area contributed by atoms with E-state index in [0.29, 0.717) is 10.2 Å². The quantitative estimate of drug-likeness (QED) is 0.883. The number of likely N-dealkylation sites (N-methyl/N-ethyl adjacent to an activating group) is 1. The topological polar surface area (TPSA) is 72.6 Å². The van der Waals surface area contributed by atoms with Crippen LogP contribution in [-0.2, 0) is 9.59 Å². The van der Waals surface area contributed by atoms with Gasteiger partial charge in [-0.25, -0.2) is 4.39 Å². The van der Waals surface area contributed by atoms with Crippen molar-refractivity contribution in [3.8, 4) is 5.75 Å². The van der Waals surface area contributed by atoms with E-state index in [1.54, 1.807) is 0 Å². The van der Waals surface area contributed by atoms with Crippen LogP contribution in [0.1, 0.15) is 6.92 Å². The lowest BCUT2D eigenvalue weighted by Crippen LogP contribution is -2.42. The first-order chi connectivity index (χ1) is 8.81. The van der Waals surface area contributed by atoms with E-state index in [9.17, 15) is 14.0 Å². The Morgan fingerprint density at radius 3 is 2.68 bits per heavy atom. The SMILES string of the molecule is C[C@@H](Oc1ccc(F)cc1Br)C(=O)N(C)CC(N)=O. The number of halogens is 2. The maximum atomic E-state index is 12.9. The molecule has 0 aliphatic carbocycles. The van der Waals surface area contributed by atoms with Crippen LogP contribution < -0.4 is 10.5 Å². The molecule has 0 unspecified atom stereocenters. The third-order valence-corrected chi connectivity index (χ3v) is 2.93. The molecular weight excluding hydrogens is 319 g/mol. The van der Waals surface area contributed by atoms with Crippen LogP contribution in [0.2, 0.25) is 0 Å². The molecule has 0 radical (unpaired) electrons. The van der Waals surface area contributed by atoms with E-state index in [0.717, 1.165) is 0 Å². The van der Waals surface area contributed by atoms with Gasteiger partial charge in [-0.2, -0.15) is 0 Å². The Balaban J connectivity index is 2.70. The van der Waals surface area contributed by atoms with Gasteiger partial charge in [0.2, 0.25) is 5.91 Å². The summed E-state index contributed by atoms with van der Waals surface area (Å²) < 4.78 is 18.7. The van der Waals surface area contributed by atoms with Crippen molar-refractivity contribution in [1.29, 1.82) is 0 Å². The monoisotopic (exact) mass is 332 g/mol. The minimum absolute atomic E-state index is 0.183. The summed E-state index contributed by atoms with van der Waals surface area (Å²) in [6, 6.07) is 3.88. The molecule has 0 fully saturated rings. The molecule has 0 heterocycles. The molecule has 2 N–H and O–H groups in total. The van der Waals surface area contributed by atoms with Gasteiger partial charge in [0.05, 0.1) is 11.0 Å². The molecule has 5 nitrogen and oxygen atoms in total. The van der Waals surface area contributed by atoms with Gasteiger partial charge in [-0.15, -0.1) is 0 Å². The highest BCUT2D eigenvalue weighted by atomic mass is 79.9. The lowest BCUT2D eigenvalue weighted by atomic mass is 10.3. The Kier molecular flexibility index (Phi) is 5.29. The Labute approximate surface area is 118 Å². The van der Waals surface area contributed by atoms with Crippen LogP contribution in [0.4, 0.5) is 4.39 Å². The van der Waals surface area contributed by atoms with Crippen molar-refractivity contribution in [3.05, 3.63) is 28.5 Å². The highest BCUT2D eigenvalue weighted by Crippen LogP contribution is 2.26. The Morgan fingerprint density at radius 1 is 1.53 bits per heavy atom. The van der Waals surface area contributed by atoms with E-state index in [1.807, 2.05) is 0 Å². The van der Waals surface area contributed by atoms with Crippen molar-refractivity contribution in [2.45, 2.75) is 13.0 Å². The second-order valence-electron chi connectivity index (χ2n) is 4.00. The molecule has 2 amide bonds. The van der Waals surface area contributed by atoms with E-state index in [4.69, 9.17) is 10.5 Å². The zero-order chi connectivity index (χ0) is 14.6. The molecule has 0 bridgehead atoms. The summed E-state index contributed by atoms with van der Waals surface area (Å²) in [4.78, 5) is 23.8. The Bertz CT molecular complexity index is 496. The average Bonchev–Trinajstić information content (AvgIpc) is 2.30. The van der Waals surface area contributed by atoms with Crippen molar-refractivity contribution in [3.63, 3.8) is 0 Å². The number of nitrogens with zero attached hydrogens (tertiary/aromatic N) is 1. The second-order valence-corrected chi connectivity index (χ2v) is 4.85. The summed E-state index contributed by atoms with van der Waals surface area (Å²) in [5, 5.41) is 0. The third-order valence-electron chi connectivity index (χ3n) is 2.31. The fourth-order valence-corrected chi connectivity index (χ4v) is 1.88. The molecule has 104 valence electrons. The lowest BCUT2D eigenvalue weighted by molar-refractivity contribution is -0.139. The van der Waals surface area contributed by atoms with Gasteiger partial charge in [0.15, 0.2) is 6.10 Å². The fourth-order valence-electron chi connectivity index (χ4n) is 1.43. The second kappa shape index (κ2) is 6.51. The highest BCUT2D eigenvalue weighted by Gasteiger charge is 2.21. The summed E-state index contributed by atoms with van der Waals surface area (Å²) in [5.41, 5.74) is 5.00. The first-order valence-electron chi connectivity index (χ1n) is 5.46. The van der Waals surface area contributed by atoms with Crippen molar-refractivity contribution in [2.24, 2.45) is 5.73 Å². The normalized spacial score (nSPS) is 11.8. The van der Waals surface area contributed by atoms with E-state index in [-0.39, 0.29) is 6.54 Å². The molecule has 0 spiro atoms. The molecule has 0 saturated heterocycles. The minimum Gasteiger partial charge on any atom is -0.480 e. The van der Waals surface area contributed by atoms with Gasteiger partial charge in [0, 0.05) is 7.05 Å². The zero-order valence-electron chi connectivity index (χ0n) is 10.5. The van der Waals surface area contributed by atoms with Crippen LogP contribution in [0.25, 0.3) is 0 Å².